The fraction of sp³-hybridized carbons (Fsp3) is 0.312. The lowest BCUT2D eigenvalue weighted by Gasteiger charge is -2.17. The number of ketones is 1. The van der Waals surface area contributed by atoms with E-state index in [4.69, 9.17) is 23.9 Å². The number of allylic oxidation sites excluding steroid dienone is 5. The standard InChI is InChI=1S/C32H36N2O7S/c1-20(15-25(35)11-7-22-8-12-26(34-37)29(17-22)39-4)16-32(23-9-13-27(36)30(18-23)40-5)42-21(2)33-24-10-14-28(38-3)31(19-24)41-6/h7-14,16,18-19,29,32,36H,15,17H2,1-6H3/b11-7+,20-16+,33-21?. The molecule has 1 aliphatic carbocycles. The lowest BCUT2D eigenvalue weighted by molar-refractivity contribution is -0.114. The Bertz CT molecular complexity index is 1440. The summed E-state index contributed by atoms with van der Waals surface area (Å²) >= 11 is 1.51. The number of phenols is 1. The van der Waals surface area contributed by atoms with Gasteiger partial charge in [0.1, 0.15) is 11.8 Å². The monoisotopic (exact) mass is 592 g/mol. The van der Waals surface area contributed by atoms with Crippen molar-refractivity contribution in [2.45, 2.75) is 38.0 Å². The number of methoxy groups -OCH3 is 4. The predicted octanol–water partition coefficient (Wildman–Crippen LogP) is 7.40. The number of hydrogen-bond donors (Lipinski definition) is 1. The van der Waals surface area contributed by atoms with Gasteiger partial charge in [0.15, 0.2) is 28.8 Å². The number of rotatable bonds is 13. The summed E-state index contributed by atoms with van der Waals surface area (Å²) in [5.41, 5.74) is 3.66. The third-order valence-electron chi connectivity index (χ3n) is 6.46. The summed E-state index contributed by atoms with van der Waals surface area (Å²) in [7, 11) is 6.18. The Morgan fingerprint density at radius 1 is 1.02 bits per heavy atom. The number of phenolic OH excluding ortho intramolecular Hbond substituents is 1. The largest absolute Gasteiger partial charge is 0.504 e. The molecule has 2 aromatic rings. The van der Waals surface area contributed by atoms with E-state index in [1.165, 1.54) is 26.0 Å². The van der Waals surface area contributed by atoms with E-state index in [0.717, 1.165) is 21.8 Å². The molecule has 2 aromatic carbocycles. The molecule has 0 radical (unpaired) electrons. The first kappa shape index (κ1) is 32.4. The molecule has 3 rings (SSSR count). The van der Waals surface area contributed by atoms with E-state index < -0.39 is 6.10 Å². The Labute approximate surface area is 250 Å². The number of carbonyl (C=O) groups excluding carboxylic acids is 1. The second kappa shape index (κ2) is 15.7. The minimum atomic E-state index is -0.423. The van der Waals surface area contributed by atoms with Crippen LogP contribution in [0.1, 0.15) is 37.5 Å². The predicted molar refractivity (Wildman–Crippen MR) is 167 cm³/mol. The molecule has 10 heteroatoms. The zero-order valence-corrected chi connectivity index (χ0v) is 25.4. The first-order valence-electron chi connectivity index (χ1n) is 13.2. The fourth-order valence-corrected chi connectivity index (χ4v) is 5.42. The average molecular weight is 593 g/mol. The highest BCUT2D eigenvalue weighted by atomic mass is 32.2. The van der Waals surface area contributed by atoms with Crippen LogP contribution in [0.3, 0.4) is 0 Å². The Morgan fingerprint density at radius 2 is 1.76 bits per heavy atom. The molecule has 0 bridgehead atoms. The number of nitroso groups, excluding NO2 is 1. The van der Waals surface area contributed by atoms with Crippen LogP contribution in [0, 0.1) is 4.91 Å². The summed E-state index contributed by atoms with van der Waals surface area (Å²) in [6.07, 6.45) is 8.94. The van der Waals surface area contributed by atoms with Gasteiger partial charge in [0.05, 0.1) is 37.3 Å². The molecule has 0 aromatic heterocycles. The third-order valence-corrected chi connectivity index (χ3v) is 7.56. The Kier molecular flexibility index (Phi) is 12.1. The van der Waals surface area contributed by atoms with Crippen molar-refractivity contribution in [3.8, 4) is 23.0 Å². The van der Waals surface area contributed by atoms with Crippen LogP contribution in [0.15, 0.2) is 93.8 Å². The van der Waals surface area contributed by atoms with E-state index in [1.807, 2.05) is 32.1 Å². The molecule has 9 nitrogen and oxygen atoms in total. The van der Waals surface area contributed by atoms with Crippen LogP contribution in [-0.4, -0.2) is 50.5 Å². The molecule has 1 aliphatic rings. The van der Waals surface area contributed by atoms with Crippen LogP contribution >= 0.6 is 11.8 Å². The van der Waals surface area contributed by atoms with Crippen LogP contribution in [0.5, 0.6) is 23.0 Å². The van der Waals surface area contributed by atoms with Gasteiger partial charge < -0.3 is 24.1 Å². The molecule has 0 spiro atoms. The molecule has 0 saturated heterocycles. The minimum Gasteiger partial charge on any atom is -0.504 e. The molecule has 1 N–H and O–H groups in total. The average Bonchev–Trinajstić information content (AvgIpc) is 2.99. The molecule has 0 saturated carbocycles. The molecule has 2 unspecified atom stereocenters. The van der Waals surface area contributed by atoms with Crippen molar-refractivity contribution in [3.63, 3.8) is 0 Å². The molecular weight excluding hydrogens is 556 g/mol. The summed E-state index contributed by atoms with van der Waals surface area (Å²) in [5.74, 6) is 1.53. The first-order valence-corrected chi connectivity index (χ1v) is 14.0. The van der Waals surface area contributed by atoms with Crippen molar-refractivity contribution in [1.82, 2.24) is 0 Å². The molecule has 0 amide bonds. The van der Waals surface area contributed by atoms with Crippen molar-refractivity contribution in [1.29, 1.82) is 0 Å². The Hall–Kier alpha value is -4.15. The van der Waals surface area contributed by atoms with Crippen LogP contribution in [0.4, 0.5) is 5.69 Å². The molecular formula is C32H36N2O7S. The van der Waals surface area contributed by atoms with E-state index in [1.54, 1.807) is 62.8 Å². The highest BCUT2D eigenvalue weighted by Gasteiger charge is 2.19. The second-order valence-electron chi connectivity index (χ2n) is 9.48. The Balaban J connectivity index is 1.82. The van der Waals surface area contributed by atoms with Crippen LogP contribution < -0.4 is 14.2 Å². The summed E-state index contributed by atoms with van der Waals surface area (Å²) in [5, 5.41) is 13.7. The van der Waals surface area contributed by atoms with E-state index in [-0.39, 0.29) is 23.2 Å². The summed E-state index contributed by atoms with van der Waals surface area (Å²) in [4.78, 5) is 28.5. The van der Waals surface area contributed by atoms with Gasteiger partial charge in [0.25, 0.3) is 0 Å². The molecule has 222 valence electrons. The van der Waals surface area contributed by atoms with Crippen LogP contribution in [0.2, 0.25) is 0 Å². The quantitative estimate of drug-likeness (QED) is 0.0841. The smallest absolute Gasteiger partial charge is 0.162 e. The molecule has 0 aliphatic heterocycles. The van der Waals surface area contributed by atoms with Crippen molar-refractivity contribution >= 4 is 28.3 Å². The number of carbonyl (C=O) groups is 1. The summed E-state index contributed by atoms with van der Waals surface area (Å²) in [6, 6.07) is 10.6. The van der Waals surface area contributed by atoms with Gasteiger partial charge in [-0.1, -0.05) is 41.6 Å². The molecule has 42 heavy (non-hydrogen) atoms. The van der Waals surface area contributed by atoms with Crippen LogP contribution in [-0.2, 0) is 9.53 Å². The maximum absolute atomic E-state index is 12.8. The second-order valence-corrected chi connectivity index (χ2v) is 10.8. The number of aliphatic imine (C=N–C) groups is 1. The van der Waals surface area contributed by atoms with Gasteiger partial charge in [-0.15, -0.1) is 4.91 Å². The number of benzene rings is 2. The number of aromatic hydroxyl groups is 1. The van der Waals surface area contributed by atoms with E-state index in [2.05, 4.69) is 5.18 Å². The minimum absolute atomic E-state index is 0.0420. The number of nitrogens with zero attached hydrogens (tertiary/aromatic N) is 2. The van der Waals surface area contributed by atoms with Gasteiger partial charge in [0.2, 0.25) is 0 Å². The highest BCUT2D eigenvalue weighted by molar-refractivity contribution is 8.14. The molecule has 2 atom stereocenters. The zero-order valence-electron chi connectivity index (χ0n) is 24.6. The molecule has 0 heterocycles. The van der Waals surface area contributed by atoms with E-state index in [0.29, 0.717) is 35.1 Å². The van der Waals surface area contributed by atoms with Gasteiger partial charge in [-0.25, -0.2) is 4.99 Å². The zero-order chi connectivity index (χ0) is 30.6. The van der Waals surface area contributed by atoms with Crippen molar-refractivity contribution in [2.75, 3.05) is 28.4 Å². The number of thioether (sulfide) groups is 1. The van der Waals surface area contributed by atoms with E-state index >= 15 is 0 Å². The van der Waals surface area contributed by atoms with Crippen molar-refractivity contribution < 1.29 is 28.8 Å². The molecule has 0 fully saturated rings. The van der Waals surface area contributed by atoms with Gasteiger partial charge >= 0.3 is 0 Å². The van der Waals surface area contributed by atoms with Gasteiger partial charge in [-0.05, 0) is 66.6 Å². The van der Waals surface area contributed by atoms with Crippen LogP contribution in [0.25, 0.3) is 0 Å². The van der Waals surface area contributed by atoms with Gasteiger partial charge in [-0.3, -0.25) is 4.79 Å². The third kappa shape index (κ3) is 8.92. The van der Waals surface area contributed by atoms with Crippen molar-refractivity contribution in [3.05, 3.63) is 94.1 Å². The first-order chi connectivity index (χ1) is 20.2. The highest BCUT2D eigenvalue weighted by Crippen LogP contribution is 2.38. The maximum atomic E-state index is 12.8. The normalized spacial score (nSPS) is 16.5. The lowest BCUT2D eigenvalue weighted by atomic mass is 9.98. The number of hydrogen-bond acceptors (Lipinski definition) is 10. The summed E-state index contributed by atoms with van der Waals surface area (Å²) < 4.78 is 21.4. The summed E-state index contributed by atoms with van der Waals surface area (Å²) in [6.45, 7) is 3.82. The fourth-order valence-electron chi connectivity index (χ4n) is 4.31. The van der Waals surface area contributed by atoms with Crippen molar-refractivity contribution in [2.24, 2.45) is 10.2 Å². The maximum Gasteiger partial charge on any atom is 0.162 e. The topological polar surface area (TPSA) is 116 Å². The lowest BCUT2D eigenvalue weighted by Crippen LogP contribution is -2.15. The van der Waals surface area contributed by atoms with Gasteiger partial charge in [0, 0.05) is 26.0 Å². The SMILES string of the molecule is COc1cc(C(/C=C(\C)CC(=O)/C=C/C2=CC=C(N=O)C(OC)C2)SC(C)=Nc2ccc(OC)c(OC)c2)ccc1O. The number of ether oxygens (including phenoxy) is 4. The van der Waals surface area contributed by atoms with E-state index in [9.17, 15) is 14.8 Å². The van der Waals surface area contributed by atoms with Gasteiger partial charge in [-0.2, -0.15) is 0 Å². The Morgan fingerprint density at radius 3 is 2.43 bits per heavy atom.